The summed E-state index contributed by atoms with van der Waals surface area (Å²) < 4.78 is 26.9. The van der Waals surface area contributed by atoms with E-state index in [2.05, 4.69) is 17.3 Å². The molecule has 1 atom stereocenters. The van der Waals surface area contributed by atoms with Gasteiger partial charge in [-0.25, -0.2) is 12.7 Å². The van der Waals surface area contributed by atoms with Crippen molar-refractivity contribution in [2.24, 2.45) is 5.92 Å². The molecule has 1 aromatic rings. The maximum absolute atomic E-state index is 12.7. The fraction of sp³-hybridized carbons (Fsp3) is 0.600. The molecule has 1 N–H and O–H groups in total. The quantitative estimate of drug-likeness (QED) is 0.896. The van der Waals surface area contributed by atoms with Gasteiger partial charge in [-0.05, 0) is 49.2 Å². The maximum Gasteiger partial charge on any atom is 0.242 e. The smallest absolute Gasteiger partial charge is 0.242 e. The van der Waals surface area contributed by atoms with Crippen molar-refractivity contribution in [1.82, 2.24) is 14.5 Å². The Morgan fingerprint density at radius 2 is 2.10 bits per heavy atom. The Labute approximate surface area is 127 Å². The van der Waals surface area contributed by atoms with Gasteiger partial charge in [0, 0.05) is 33.2 Å². The third kappa shape index (κ3) is 2.99. The van der Waals surface area contributed by atoms with E-state index in [4.69, 9.17) is 0 Å². The maximum atomic E-state index is 12.7. The Hall–Kier alpha value is -0.950. The van der Waals surface area contributed by atoms with Gasteiger partial charge in [-0.3, -0.25) is 0 Å². The zero-order valence-corrected chi connectivity index (χ0v) is 13.5. The minimum Gasteiger partial charge on any atom is -0.309 e. The van der Waals surface area contributed by atoms with Gasteiger partial charge < -0.3 is 10.2 Å². The number of benzene rings is 1. The van der Waals surface area contributed by atoms with Gasteiger partial charge in [0.1, 0.15) is 0 Å². The molecule has 0 bridgehead atoms. The summed E-state index contributed by atoms with van der Waals surface area (Å²) in [6.07, 6.45) is 1.07. The highest BCUT2D eigenvalue weighted by atomic mass is 32.2. The zero-order chi connectivity index (χ0) is 15.0. The highest BCUT2D eigenvalue weighted by molar-refractivity contribution is 7.89. The van der Waals surface area contributed by atoms with E-state index >= 15 is 0 Å². The summed E-state index contributed by atoms with van der Waals surface area (Å²) in [6.45, 7) is 4.23. The van der Waals surface area contributed by atoms with Crippen molar-refractivity contribution in [3.8, 4) is 0 Å². The van der Waals surface area contributed by atoms with Gasteiger partial charge in [-0.1, -0.05) is 6.07 Å². The van der Waals surface area contributed by atoms with Crippen LogP contribution in [0, 0.1) is 5.92 Å². The summed E-state index contributed by atoms with van der Waals surface area (Å²) in [5.41, 5.74) is 2.30. The van der Waals surface area contributed by atoms with Crippen molar-refractivity contribution < 1.29 is 8.42 Å². The van der Waals surface area contributed by atoms with Crippen molar-refractivity contribution in [2.75, 3.05) is 33.7 Å². The van der Waals surface area contributed by atoms with E-state index in [9.17, 15) is 8.42 Å². The second kappa shape index (κ2) is 5.68. The first kappa shape index (κ1) is 15.0. The van der Waals surface area contributed by atoms with Crippen molar-refractivity contribution in [1.29, 1.82) is 0 Å². The van der Waals surface area contributed by atoms with Crippen LogP contribution in [-0.2, 0) is 23.1 Å². The second-order valence-corrected chi connectivity index (χ2v) is 8.28. The summed E-state index contributed by atoms with van der Waals surface area (Å²) in [6, 6.07) is 5.49. The number of hydrogen-bond acceptors (Lipinski definition) is 4. The molecular weight excluding hydrogens is 286 g/mol. The van der Waals surface area contributed by atoms with E-state index < -0.39 is 10.0 Å². The van der Waals surface area contributed by atoms with E-state index in [-0.39, 0.29) is 0 Å². The topological polar surface area (TPSA) is 52.7 Å². The molecule has 2 aliphatic heterocycles. The Morgan fingerprint density at radius 1 is 1.33 bits per heavy atom. The predicted octanol–water partition coefficient (Wildman–Crippen LogP) is 0.862. The van der Waals surface area contributed by atoms with Crippen molar-refractivity contribution in [2.45, 2.75) is 24.4 Å². The van der Waals surface area contributed by atoms with Crippen LogP contribution in [0.3, 0.4) is 0 Å². The molecule has 0 aromatic heterocycles. The number of nitrogens with zero attached hydrogens (tertiary/aromatic N) is 2. The van der Waals surface area contributed by atoms with E-state index in [1.54, 1.807) is 13.1 Å². The van der Waals surface area contributed by atoms with Gasteiger partial charge >= 0.3 is 0 Å². The van der Waals surface area contributed by atoms with Crippen LogP contribution in [-0.4, -0.2) is 51.4 Å². The van der Waals surface area contributed by atoms with Crippen LogP contribution in [0.25, 0.3) is 0 Å². The molecule has 6 heteroatoms. The largest absolute Gasteiger partial charge is 0.309 e. The average Bonchev–Trinajstić information content (AvgIpc) is 3.06. The molecule has 1 unspecified atom stereocenters. The van der Waals surface area contributed by atoms with E-state index in [0.29, 0.717) is 17.4 Å². The normalized spacial score (nSPS) is 22.9. The van der Waals surface area contributed by atoms with Gasteiger partial charge in [0.05, 0.1) is 4.90 Å². The average molecular weight is 309 g/mol. The molecule has 116 valence electrons. The predicted molar refractivity (Wildman–Crippen MR) is 82.4 cm³/mol. The number of likely N-dealkylation sites (tertiary alicyclic amines) is 1. The Kier molecular flexibility index (Phi) is 4.05. The van der Waals surface area contributed by atoms with Crippen LogP contribution in [0.4, 0.5) is 0 Å². The zero-order valence-electron chi connectivity index (χ0n) is 12.7. The number of nitrogens with one attached hydrogen (secondary N) is 1. The van der Waals surface area contributed by atoms with Crippen LogP contribution >= 0.6 is 0 Å². The van der Waals surface area contributed by atoms with Gasteiger partial charge in [0.25, 0.3) is 0 Å². The van der Waals surface area contributed by atoms with Crippen molar-refractivity contribution in [3.05, 3.63) is 29.3 Å². The molecular formula is C15H23N3O2S. The molecule has 2 heterocycles. The lowest BCUT2D eigenvalue weighted by atomic mass is 10.1. The fourth-order valence-corrected chi connectivity index (χ4v) is 4.55. The first-order chi connectivity index (χ1) is 9.96. The van der Waals surface area contributed by atoms with Crippen LogP contribution in [0.2, 0.25) is 0 Å². The Balaban J connectivity index is 1.76. The van der Waals surface area contributed by atoms with Crippen LogP contribution < -0.4 is 5.32 Å². The molecule has 3 rings (SSSR count). The molecule has 21 heavy (non-hydrogen) atoms. The molecule has 1 saturated heterocycles. The van der Waals surface area contributed by atoms with E-state index in [0.717, 1.165) is 38.2 Å². The molecule has 2 aliphatic rings. The molecule has 0 radical (unpaired) electrons. The monoisotopic (exact) mass is 309 g/mol. The standard InChI is InChI=1S/C15H23N3O2S/c1-17-6-5-12(10-17)11-18(2)21(19,20)15-4-3-13-8-16-9-14(13)7-15/h3-4,7,12,16H,5-6,8-11H2,1-2H3. The number of rotatable bonds is 4. The van der Waals surface area contributed by atoms with Crippen molar-refractivity contribution >= 4 is 10.0 Å². The lowest BCUT2D eigenvalue weighted by molar-refractivity contribution is 0.356. The van der Waals surface area contributed by atoms with Crippen LogP contribution in [0.15, 0.2) is 23.1 Å². The highest BCUT2D eigenvalue weighted by Crippen LogP contribution is 2.24. The number of fused-ring (bicyclic) bond motifs is 1. The van der Waals surface area contributed by atoms with Crippen LogP contribution in [0.5, 0.6) is 0 Å². The third-order valence-electron chi connectivity index (χ3n) is 4.52. The highest BCUT2D eigenvalue weighted by Gasteiger charge is 2.27. The second-order valence-electron chi connectivity index (χ2n) is 6.24. The first-order valence-corrected chi connectivity index (χ1v) is 8.88. The SMILES string of the molecule is CN1CCC(CN(C)S(=O)(=O)c2ccc3c(c2)CNC3)C1. The van der Waals surface area contributed by atoms with E-state index in [1.807, 2.05) is 12.1 Å². The summed E-state index contributed by atoms with van der Waals surface area (Å²) in [4.78, 5) is 2.67. The lowest BCUT2D eigenvalue weighted by Gasteiger charge is -2.21. The van der Waals surface area contributed by atoms with Gasteiger partial charge in [0.2, 0.25) is 10.0 Å². The van der Waals surface area contributed by atoms with Gasteiger partial charge in [-0.15, -0.1) is 0 Å². The molecule has 0 spiro atoms. The van der Waals surface area contributed by atoms with Gasteiger partial charge in [-0.2, -0.15) is 0 Å². The summed E-state index contributed by atoms with van der Waals surface area (Å²) in [5.74, 6) is 0.436. The summed E-state index contributed by atoms with van der Waals surface area (Å²) in [5, 5.41) is 3.25. The first-order valence-electron chi connectivity index (χ1n) is 7.44. The molecule has 5 nitrogen and oxygen atoms in total. The molecule has 1 fully saturated rings. The lowest BCUT2D eigenvalue weighted by Crippen LogP contribution is -2.33. The van der Waals surface area contributed by atoms with Gasteiger partial charge in [0.15, 0.2) is 0 Å². The summed E-state index contributed by atoms with van der Waals surface area (Å²) >= 11 is 0. The fourth-order valence-electron chi connectivity index (χ4n) is 3.25. The molecule has 0 saturated carbocycles. The van der Waals surface area contributed by atoms with Crippen molar-refractivity contribution in [3.63, 3.8) is 0 Å². The summed E-state index contributed by atoms with van der Waals surface area (Å²) in [7, 11) is 0.400. The molecule has 1 aromatic carbocycles. The minimum absolute atomic E-state index is 0.416. The van der Waals surface area contributed by atoms with E-state index in [1.165, 1.54) is 9.87 Å². The molecule has 0 amide bonds. The minimum atomic E-state index is -3.38. The number of hydrogen-bond donors (Lipinski definition) is 1. The molecule has 0 aliphatic carbocycles. The van der Waals surface area contributed by atoms with Crippen LogP contribution in [0.1, 0.15) is 17.5 Å². The third-order valence-corrected chi connectivity index (χ3v) is 6.34. The number of sulfonamides is 1. The Morgan fingerprint density at radius 3 is 2.81 bits per heavy atom. The Bertz CT molecular complexity index is 630.